The highest BCUT2D eigenvalue weighted by molar-refractivity contribution is 6.12. The lowest BCUT2D eigenvalue weighted by Gasteiger charge is -2.14. The number of aromatic amines is 1. The lowest BCUT2D eigenvalue weighted by atomic mass is 10.1. The van der Waals surface area contributed by atoms with Crippen molar-refractivity contribution in [1.82, 2.24) is 20.2 Å². The van der Waals surface area contributed by atoms with Gasteiger partial charge in [0, 0.05) is 48.6 Å². The number of carbonyl (C=O) groups is 1. The van der Waals surface area contributed by atoms with Crippen molar-refractivity contribution >= 4 is 45.0 Å². The topological polar surface area (TPSA) is 107 Å². The summed E-state index contributed by atoms with van der Waals surface area (Å²) in [6, 6.07) is 9.70. The number of anilines is 3. The van der Waals surface area contributed by atoms with E-state index < -0.39 is 5.97 Å². The highest BCUT2D eigenvalue weighted by Crippen LogP contribution is 2.31. The molecule has 130 valence electrons. The van der Waals surface area contributed by atoms with Crippen molar-refractivity contribution in [3.63, 3.8) is 0 Å². The van der Waals surface area contributed by atoms with Gasteiger partial charge in [-0.1, -0.05) is 0 Å². The molecule has 4 aromatic rings. The lowest BCUT2D eigenvalue weighted by Crippen LogP contribution is -2.08. The summed E-state index contributed by atoms with van der Waals surface area (Å²) in [5, 5.41) is 20.8. The standard InChI is InChI=1S/C18H16N6O2/c1-24(2)11-5-3-10(4-6-11)20-17-12-7-8-19-9-13(12)14-15(21-17)16(18(25)26)23-22-14/h3-9H,1-2H3,(H,20,21)(H,22,23)(H,25,26). The fourth-order valence-electron chi connectivity index (χ4n) is 2.82. The van der Waals surface area contributed by atoms with Crippen LogP contribution in [0, 0.1) is 0 Å². The molecular weight excluding hydrogens is 332 g/mol. The number of hydrogen-bond donors (Lipinski definition) is 3. The maximum atomic E-state index is 11.4. The summed E-state index contributed by atoms with van der Waals surface area (Å²) in [5.41, 5.74) is 2.66. The van der Waals surface area contributed by atoms with Crippen LogP contribution in [0.4, 0.5) is 17.2 Å². The van der Waals surface area contributed by atoms with Gasteiger partial charge in [-0.05, 0) is 30.3 Å². The van der Waals surface area contributed by atoms with Crippen molar-refractivity contribution in [2.75, 3.05) is 24.3 Å². The number of benzene rings is 1. The van der Waals surface area contributed by atoms with Crippen molar-refractivity contribution in [3.8, 4) is 0 Å². The first-order valence-electron chi connectivity index (χ1n) is 7.94. The maximum Gasteiger partial charge on any atom is 0.356 e. The Labute approximate surface area is 148 Å². The van der Waals surface area contributed by atoms with E-state index in [4.69, 9.17) is 0 Å². The third-order valence-electron chi connectivity index (χ3n) is 4.16. The van der Waals surface area contributed by atoms with E-state index in [-0.39, 0.29) is 5.69 Å². The van der Waals surface area contributed by atoms with Crippen LogP contribution in [0.2, 0.25) is 0 Å². The summed E-state index contributed by atoms with van der Waals surface area (Å²) >= 11 is 0. The van der Waals surface area contributed by atoms with Gasteiger partial charge < -0.3 is 15.3 Å². The van der Waals surface area contributed by atoms with Crippen molar-refractivity contribution in [2.45, 2.75) is 0 Å². The first kappa shape index (κ1) is 15.8. The van der Waals surface area contributed by atoms with Crippen LogP contribution in [0.15, 0.2) is 42.7 Å². The lowest BCUT2D eigenvalue weighted by molar-refractivity contribution is 0.0692. The van der Waals surface area contributed by atoms with E-state index in [1.807, 2.05) is 49.3 Å². The Kier molecular flexibility index (Phi) is 3.65. The van der Waals surface area contributed by atoms with Crippen LogP contribution >= 0.6 is 0 Å². The second-order valence-electron chi connectivity index (χ2n) is 6.05. The monoisotopic (exact) mass is 348 g/mol. The van der Waals surface area contributed by atoms with Gasteiger partial charge in [0.1, 0.15) is 16.9 Å². The molecule has 1 aromatic carbocycles. The molecule has 0 saturated carbocycles. The van der Waals surface area contributed by atoms with Gasteiger partial charge in [0.25, 0.3) is 0 Å². The Balaban J connectivity index is 1.87. The smallest absolute Gasteiger partial charge is 0.356 e. The SMILES string of the molecule is CN(C)c1ccc(Nc2nc3c(C(=O)O)[nH]nc3c3cnccc23)cc1. The van der Waals surface area contributed by atoms with Gasteiger partial charge in [-0.25, -0.2) is 9.78 Å². The molecule has 0 atom stereocenters. The van der Waals surface area contributed by atoms with Gasteiger partial charge >= 0.3 is 5.97 Å². The quantitative estimate of drug-likeness (QED) is 0.520. The summed E-state index contributed by atoms with van der Waals surface area (Å²) in [7, 11) is 3.95. The number of hydrogen-bond acceptors (Lipinski definition) is 6. The summed E-state index contributed by atoms with van der Waals surface area (Å²) in [4.78, 5) is 22.1. The first-order chi connectivity index (χ1) is 12.5. The van der Waals surface area contributed by atoms with E-state index in [2.05, 4.69) is 25.5 Å². The van der Waals surface area contributed by atoms with E-state index in [1.54, 1.807) is 12.4 Å². The van der Waals surface area contributed by atoms with Crippen LogP contribution in [0.25, 0.3) is 21.8 Å². The molecule has 0 aliphatic heterocycles. The number of rotatable bonds is 4. The van der Waals surface area contributed by atoms with E-state index in [9.17, 15) is 9.90 Å². The fourth-order valence-corrected chi connectivity index (χ4v) is 2.82. The van der Waals surface area contributed by atoms with Gasteiger partial charge in [0.15, 0.2) is 5.69 Å². The minimum atomic E-state index is -1.11. The summed E-state index contributed by atoms with van der Waals surface area (Å²) in [6.45, 7) is 0. The van der Waals surface area contributed by atoms with E-state index in [1.165, 1.54) is 0 Å². The predicted octanol–water partition coefficient (Wildman–Crippen LogP) is 3.01. The number of aromatic carboxylic acids is 1. The molecule has 0 saturated heterocycles. The number of pyridine rings is 2. The number of H-pyrrole nitrogens is 1. The fraction of sp³-hybridized carbons (Fsp3) is 0.111. The molecule has 3 aromatic heterocycles. The van der Waals surface area contributed by atoms with Crippen molar-refractivity contribution in [3.05, 3.63) is 48.4 Å². The molecular formula is C18H16N6O2. The molecule has 0 spiro atoms. The minimum Gasteiger partial charge on any atom is -0.476 e. The predicted molar refractivity (Wildman–Crippen MR) is 100 cm³/mol. The van der Waals surface area contributed by atoms with Gasteiger partial charge in [-0.15, -0.1) is 0 Å². The second-order valence-corrected chi connectivity index (χ2v) is 6.05. The molecule has 4 rings (SSSR count). The molecule has 0 unspecified atom stereocenters. The van der Waals surface area contributed by atoms with Crippen LogP contribution in [0.1, 0.15) is 10.5 Å². The van der Waals surface area contributed by atoms with Gasteiger partial charge in [0.05, 0.1) is 0 Å². The van der Waals surface area contributed by atoms with Gasteiger partial charge in [0.2, 0.25) is 0 Å². The third kappa shape index (κ3) is 2.57. The number of carboxylic acids is 1. The summed E-state index contributed by atoms with van der Waals surface area (Å²) < 4.78 is 0. The number of nitrogens with zero attached hydrogens (tertiary/aromatic N) is 4. The Hall–Kier alpha value is -3.68. The van der Waals surface area contributed by atoms with Crippen LogP contribution in [0.3, 0.4) is 0 Å². The Morgan fingerprint density at radius 1 is 1.12 bits per heavy atom. The summed E-state index contributed by atoms with van der Waals surface area (Å²) in [6.07, 6.45) is 3.33. The highest BCUT2D eigenvalue weighted by Gasteiger charge is 2.18. The number of nitrogens with one attached hydrogen (secondary N) is 2. The molecule has 3 heterocycles. The maximum absolute atomic E-state index is 11.4. The zero-order valence-corrected chi connectivity index (χ0v) is 14.2. The molecule has 0 amide bonds. The van der Waals surface area contributed by atoms with Crippen molar-refractivity contribution in [2.24, 2.45) is 0 Å². The van der Waals surface area contributed by atoms with E-state index in [0.29, 0.717) is 16.9 Å². The zero-order valence-electron chi connectivity index (χ0n) is 14.2. The van der Waals surface area contributed by atoms with E-state index >= 15 is 0 Å². The molecule has 0 aliphatic carbocycles. The zero-order chi connectivity index (χ0) is 18.3. The van der Waals surface area contributed by atoms with Crippen LogP contribution < -0.4 is 10.2 Å². The first-order valence-corrected chi connectivity index (χ1v) is 7.94. The molecule has 8 heteroatoms. The normalized spacial score (nSPS) is 11.0. The number of carboxylic acid groups (broad SMARTS) is 1. The second kappa shape index (κ2) is 5.99. The van der Waals surface area contributed by atoms with Gasteiger partial charge in [-0.2, -0.15) is 5.10 Å². The molecule has 3 N–H and O–H groups in total. The third-order valence-corrected chi connectivity index (χ3v) is 4.16. The highest BCUT2D eigenvalue weighted by atomic mass is 16.4. The largest absolute Gasteiger partial charge is 0.476 e. The Bertz CT molecular complexity index is 1120. The van der Waals surface area contributed by atoms with Crippen LogP contribution in [0.5, 0.6) is 0 Å². The molecule has 0 fully saturated rings. The Morgan fingerprint density at radius 3 is 2.58 bits per heavy atom. The van der Waals surface area contributed by atoms with Gasteiger partial charge in [-0.3, -0.25) is 10.1 Å². The number of aromatic nitrogens is 4. The number of fused-ring (bicyclic) bond motifs is 3. The molecule has 8 nitrogen and oxygen atoms in total. The van der Waals surface area contributed by atoms with Crippen molar-refractivity contribution in [1.29, 1.82) is 0 Å². The molecule has 26 heavy (non-hydrogen) atoms. The van der Waals surface area contributed by atoms with Crippen molar-refractivity contribution < 1.29 is 9.90 Å². The molecule has 0 radical (unpaired) electrons. The van der Waals surface area contributed by atoms with Crippen LogP contribution in [-0.2, 0) is 0 Å². The minimum absolute atomic E-state index is 0.0447. The van der Waals surface area contributed by atoms with Crippen LogP contribution in [-0.4, -0.2) is 45.3 Å². The summed E-state index contributed by atoms with van der Waals surface area (Å²) in [5.74, 6) is -0.555. The molecule has 0 bridgehead atoms. The average Bonchev–Trinajstić information content (AvgIpc) is 3.06. The Morgan fingerprint density at radius 2 is 1.88 bits per heavy atom. The average molecular weight is 348 g/mol. The van der Waals surface area contributed by atoms with E-state index in [0.717, 1.165) is 22.1 Å². The molecule has 0 aliphatic rings.